The summed E-state index contributed by atoms with van der Waals surface area (Å²) in [5, 5.41) is 11.9. The van der Waals surface area contributed by atoms with Crippen molar-refractivity contribution in [3.8, 4) is 22.8 Å². The van der Waals surface area contributed by atoms with Gasteiger partial charge >= 0.3 is 0 Å². The molecule has 10 rings (SSSR count). The lowest BCUT2D eigenvalue weighted by atomic mass is 9.85. The number of aryl methyl sites for hydroxylation is 4. The number of carbonyl (C=O) groups excluding carboxylic acids is 2. The molecule has 1 aliphatic heterocycles. The maximum absolute atomic E-state index is 13.1. The summed E-state index contributed by atoms with van der Waals surface area (Å²) in [5.74, 6) is 5.34. The third kappa shape index (κ3) is 13.1. The molecule has 7 aromatic heterocycles. The summed E-state index contributed by atoms with van der Waals surface area (Å²) in [7, 11) is 0. The Labute approximate surface area is 457 Å². The van der Waals surface area contributed by atoms with E-state index in [2.05, 4.69) is 122 Å². The van der Waals surface area contributed by atoms with Crippen molar-refractivity contribution in [3.63, 3.8) is 0 Å². The first-order valence-corrected chi connectivity index (χ1v) is 27.5. The monoisotopic (exact) mass is 1070 g/mol. The lowest BCUT2D eigenvalue weighted by Crippen LogP contribution is -2.30. The number of hydrogen-bond donors (Lipinski definition) is 2. The molecule has 0 bridgehead atoms. The topological polar surface area (TPSA) is 227 Å². The molecule has 8 heterocycles. The van der Waals surface area contributed by atoms with Crippen LogP contribution in [0.15, 0.2) is 53.6 Å². The molecule has 0 aromatic carbocycles. The normalized spacial score (nSPS) is 16.5. The highest BCUT2D eigenvalue weighted by Crippen LogP contribution is 2.36. The highest BCUT2D eigenvalue weighted by molar-refractivity contribution is 6.63. The minimum Gasteiger partial charge on any atom is -0.365 e. The Hall–Kier alpha value is -6.89. The van der Waals surface area contributed by atoms with Crippen LogP contribution in [-0.4, -0.2) is 104 Å². The van der Waals surface area contributed by atoms with Crippen LogP contribution in [0, 0.1) is 30.6 Å². The van der Waals surface area contributed by atoms with E-state index >= 15 is 0 Å². The van der Waals surface area contributed by atoms with Gasteiger partial charge in [0.15, 0.2) is 34.0 Å². The molecule has 0 radical (unpaired) electrons. The minimum absolute atomic E-state index is 0.0405. The van der Waals surface area contributed by atoms with E-state index < -0.39 is 0 Å². The Morgan fingerprint density at radius 2 is 1.17 bits per heavy atom. The van der Waals surface area contributed by atoms with E-state index in [1.165, 1.54) is 22.4 Å². The highest BCUT2D eigenvalue weighted by atomic mass is 35.5. The standard InChI is InChI=1S/C28H37N9O.C23H28N8.C6H11ClO/c1-8-36-26(18-13-29-17(4)30-14-18)34-24-25(31-15-32-27(24)36)33-19-9-10-21-20(11-19)23(16(2)3)35-37(21)22(38)12-28(5,6)7;1-5-31-22(16-10-24-14(4)25-11-16)30-20-21(27-12-28-23(20)31)29-17-7-6-15-9-26-19(13(2)3)18(15)8-17;1-6(2,3)4-5(7)8/h13-16,19H,8-12H2,1-7H3,(H,31,32,33);10-13,17H,5-9H2,1-4H3,(H,27,28,29);4H2,1-3H3. The average Bonchev–Trinajstić information content (AvgIpc) is 4.29. The fraction of sp³-hybridized carbons (Fsp3) is 0.544. The van der Waals surface area contributed by atoms with Crippen molar-refractivity contribution in [1.29, 1.82) is 0 Å². The molecule has 3 aliphatic rings. The number of fused-ring (bicyclic) bond motifs is 3. The molecule has 19 nitrogen and oxygen atoms in total. The van der Waals surface area contributed by atoms with Gasteiger partial charge in [-0.05, 0) is 117 Å². The minimum atomic E-state index is -0.252. The summed E-state index contributed by atoms with van der Waals surface area (Å²) < 4.78 is 5.85. The van der Waals surface area contributed by atoms with Gasteiger partial charge in [0.05, 0.1) is 29.1 Å². The van der Waals surface area contributed by atoms with Crippen molar-refractivity contribution < 1.29 is 9.59 Å². The number of aliphatic imine (C=N–C) groups is 1. The van der Waals surface area contributed by atoms with E-state index in [1.807, 2.05) is 47.0 Å². The van der Waals surface area contributed by atoms with Gasteiger partial charge in [-0.1, -0.05) is 69.2 Å². The number of nitrogens with one attached hydrogen (secondary N) is 2. The van der Waals surface area contributed by atoms with Crippen LogP contribution >= 0.6 is 11.6 Å². The molecular formula is C57H76ClN17O2. The Morgan fingerprint density at radius 1 is 0.675 bits per heavy atom. The first kappa shape index (κ1) is 56.3. The molecule has 2 unspecified atom stereocenters. The van der Waals surface area contributed by atoms with Gasteiger partial charge in [0.1, 0.15) is 36.0 Å². The predicted octanol–water partition coefficient (Wildman–Crippen LogP) is 11.1. The maximum atomic E-state index is 13.1. The van der Waals surface area contributed by atoms with Gasteiger partial charge in [-0.2, -0.15) is 5.10 Å². The van der Waals surface area contributed by atoms with E-state index in [4.69, 9.17) is 31.7 Å². The van der Waals surface area contributed by atoms with Crippen LogP contribution in [0.1, 0.15) is 161 Å². The second-order valence-electron chi connectivity index (χ2n) is 23.4. The fourth-order valence-corrected chi connectivity index (χ4v) is 10.7. The second kappa shape index (κ2) is 23.4. The largest absolute Gasteiger partial charge is 0.365 e. The Balaban J connectivity index is 0.000000181. The lowest BCUT2D eigenvalue weighted by molar-refractivity contribution is -0.113. The SMILES string of the molecule is CC(C)(C)CC(=O)Cl.CCn1c(-c2cnc(C)nc2)nc2c(NC3CCC4=C(C3)C(C(C)C)=NC4)ncnc21.CCn1c(-c2cnc(C)nc2)nc2c(NC3CCc4c(c(C(C)C)nn4C(=O)CC(C)(C)C)C3)ncnc21. The van der Waals surface area contributed by atoms with Crippen molar-refractivity contribution in [2.24, 2.45) is 21.7 Å². The van der Waals surface area contributed by atoms with Crippen molar-refractivity contribution in [2.75, 3.05) is 17.2 Å². The number of hydrogen-bond acceptors (Lipinski definition) is 16. The van der Waals surface area contributed by atoms with Crippen LogP contribution in [-0.2, 0) is 30.7 Å². The predicted molar refractivity (Wildman–Crippen MR) is 304 cm³/mol. The van der Waals surface area contributed by atoms with Gasteiger partial charge in [-0.15, -0.1) is 0 Å². The number of halogens is 1. The smallest absolute Gasteiger partial charge is 0.247 e. The Morgan fingerprint density at radius 3 is 1.61 bits per heavy atom. The van der Waals surface area contributed by atoms with E-state index in [-0.39, 0.29) is 33.9 Å². The van der Waals surface area contributed by atoms with Crippen LogP contribution in [0.5, 0.6) is 0 Å². The molecule has 77 heavy (non-hydrogen) atoms. The van der Waals surface area contributed by atoms with Crippen LogP contribution < -0.4 is 10.6 Å². The van der Waals surface area contributed by atoms with Gasteiger partial charge < -0.3 is 19.8 Å². The number of anilines is 2. The summed E-state index contributed by atoms with van der Waals surface area (Å²) in [4.78, 5) is 73.6. The van der Waals surface area contributed by atoms with Crippen LogP contribution in [0.2, 0.25) is 0 Å². The molecular weight excluding hydrogens is 990 g/mol. The maximum Gasteiger partial charge on any atom is 0.247 e. The van der Waals surface area contributed by atoms with Crippen molar-refractivity contribution in [1.82, 2.24) is 68.8 Å². The number of imidazole rings is 2. The molecule has 2 aliphatic carbocycles. The fourth-order valence-electron chi connectivity index (χ4n) is 10.3. The first-order chi connectivity index (χ1) is 36.5. The third-order valence-corrected chi connectivity index (χ3v) is 14.0. The van der Waals surface area contributed by atoms with Gasteiger partial charge in [-0.3, -0.25) is 14.6 Å². The molecule has 0 amide bonds. The zero-order chi connectivity index (χ0) is 55.5. The van der Waals surface area contributed by atoms with E-state index in [1.54, 1.807) is 29.7 Å². The molecule has 2 N–H and O–H groups in total. The molecule has 0 spiro atoms. The van der Waals surface area contributed by atoms with Crippen LogP contribution in [0.3, 0.4) is 0 Å². The zero-order valence-electron chi connectivity index (χ0n) is 47.5. The number of nitrogens with zero attached hydrogens (tertiary/aromatic N) is 15. The Bertz CT molecular complexity index is 3320. The third-order valence-electron chi connectivity index (χ3n) is 13.9. The van der Waals surface area contributed by atoms with Gasteiger partial charge in [-0.25, -0.2) is 54.5 Å². The van der Waals surface area contributed by atoms with Crippen molar-refractivity contribution in [2.45, 2.75) is 179 Å². The Kier molecular flexibility index (Phi) is 17.1. The van der Waals surface area contributed by atoms with Crippen LogP contribution in [0.25, 0.3) is 45.1 Å². The second-order valence-corrected chi connectivity index (χ2v) is 23.8. The van der Waals surface area contributed by atoms with E-state index in [9.17, 15) is 9.59 Å². The van der Waals surface area contributed by atoms with E-state index in [0.29, 0.717) is 37.2 Å². The van der Waals surface area contributed by atoms with Crippen molar-refractivity contribution in [3.05, 3.63) is 77.2 Å². The molecule has 0 fully saturated rings. The highest BCUT2D eigenvalue weighted by Gasteiger charge is 2.33. The summed E-state index contributed by atoms with van der Waals surface area (Å²) in [6.07, 6.45) is 17.0. The van der Waals surface area contributed by atoms with Gasteiger partial charge in [0.25, 0.3) is 0 Å². The number of rotatable bonds is 12. The quantitative estimate of drug-likeness (QED) is 0.108. The average molecular weight is 1070 g/mol. The van der Waals surface area contributed by atoms with Gasteiger partial charge in [0.2, 0.25) is 11.1 Å². The lowest BCUT2D eigenvalue weighted by Gasteiger charge is -2.26. The van der Waals surface area contributed by atoms with Crippen molar-refractivity contribution >= 4 is 62.4 Å². The van der Waals surface area contributed by atoms with Gasteiger partial charge in [0, 0.05) is 68.5 Å². The first-order valence-electron chi connectivity index (χ1n) is 27.1. The summed E-state index contributed by atoms with van der Waals surface area (Å²) in [6, 6.07) is 0.461. The molecule has 2 atom stereocenters. The summed E-state index contributed by atoms with van der Waals surface area (Å²) in [6.45, 7) is 31.2. The molecule has 7 aromatic rings. The van der Waals surface area contributed by atoms with Crippen LogP contribution in [0.4, 0.5) is 11.6 Å². The number of carbonyl (C=O) groups is 2. The molecule has 0 saturated carbocycles. The van der Waals surface area contributed by atoms with E-state index in [0.717, 1.165) is 126 Å². The summed E-state index contributed by atoms with van der Waals surface area (Å²) >= 11 is 5.12. The number of aromatic nitrogens is 14. The molecule has 408 valence electrons. The molecule has 20 heteroatoms. The molecule has 0 saturated heterocycles. The summed E-state index contributed by atoms with van der Waals surface area (Å²) in [5.41, 5.74) is 12.3. The zero-order valence-corrected chi connectivity index (χ0v) is 48.2.